The molecule has 1 aromatic rings. The Labute approximate surface area is 85.8 Å². The summed E-state index contributed by atoms with van der Waals surface area (Å²) in [7, 11) is 0. The van der Waals surface area contributed by atoms with Gasteiger partial charge < -0.3 is 5.11 Å². The van der Waals surface area contributed by atoms with Gasteiger partial charge in [-0.2, -0.15) is 0 Å². The predicted octanol–water partition coefficient (Wildman–Crippen LogP) is 2.70. The smallest absolute Gasteiger partial charge is 0.148 e. The number of aliphatic hydroxyl groups is 1. The van der Waals surface area contributed by atoms with Crippen LogP contribution in [-0.2, 0) is 5.60 Å². The number of hydrogen-bond donors (Lipinski definition) is 1. The van der Waals surface area contributed by atoms with E-state index in [2.05, 4.69) is 18.8 Å². The van der Waals surface area contributed by atoms with Crippen LogP contribution in [0.4, 0.5) is 0 Å². The first-order chi connectivity index (χ1) is 6.67. The van der Waals surface area contributed by atoms with Gasteiger partial charge in [-0.1, -0.05) is 49.1 Å². The Morgan fingerprint density at radius 1 is 1.29 bits per heavy atom. The van der Waals surface area contributed by atoms with Crippen LogP contribution in [0.1, 0.15) is 32.3 Å². The zero-order valence-corrected chi connectivity index (χ0v) is 8.75. The van der Waals surface area contributed by atoms with E-state index in [0.717, 1.165) is 18.4 Å². The minimum atomic E-state index is -1.02. The molecule has 1 rings (SSSR count). The van der Waals surface area contributed by atoms with Gasteiger partial charge in [0.1, 0.15) is 5.60 Å². The van der Waals surface area contributed by atoms with Crippen LogP contribution in [0.25, 0.3) is 0 Å². The van der Waals surface area contributed by atoms with Gasteiger partial charge >= 0.3 is 0 Å². The van der Waals surface area contributed by atoms with Gasteiger partial charge in [-0.25, -0.2) is 0 Å². The summed E-state index contributed by atoms with van der Waals surface area (Å²) in [6.07, 6.45) is 1.86. The molecule has 0 aliphatic heterocycles. The van der Waals surface area contributed by atoms with Crippen molar-refractivity contribution in [2.24, 2.45) is 0 Å². The Morgan fingerprint density at radius 2 is 1.93 bits per heavy atom. The summed E-state index contributed by atoms with van der Waals surface area (Å²) in [6.45, 7) is 3.80. The van der Waals surface area contributed by atoms with E-state index < -0.39 is 5.60 Å². The second-order valence-electron chi connectivity index (χ2n) is 3.49. The number of rotatable bonds is 2. The third kappa shape index (κ3) is 2.90. The standard InChI is InChI=1S/C13H16O/c1-3-4-8-11-13(2,14)12-9-6-5-7-10-12/h5-7,9-10,14H,3-4H2,1-2H3. The minimum Gasteiger partial charge on any atom is -0.374 e. The van der Waals surface area contributed by atoms with Crippen molar-refractivity contribution < 1.29 is 5.11 Å². The van der Waals surface area contributed by atoms with Gasteiger partial charge in [0.2, 0.25) is 0 Å². The maximum absolute atomic E-state index is 10.0. The van der Waals surface area contributed by atoms with Crippen molar-refractivity contribution in [2.75, 3.05) is 0 Å². The molecule has 0 aromatic heterocycles. The minimum absolute atomic E-state index is 0.836. The molecule has 0 amide bonds. The molecule has 0 aliphatic rings. The number of hydrogen-bond acceptors (Lipinski definition) is 1. The average molecular weight is 188 g/mol. The number of unbranched alkanes of at least 4 members (excludes halogenated alkanes) is 1. The fourth-order valence-electron chi connectivity index (χ4n) is 1.19. The van der Waals surface area contributed by atoms with Crippen molar-refractivity contribution in [1.82, 2.24) is 0 Å². The van der Waals surface area contributed by atoms with E-state index in [1.807, 2.05) is 30.3 Å². The van der Waals surface area contributed by atoms with Crippen LogP contribution in [0.2, 0.25) is 0 Å². The van der Waals surface area contributed by atoms with Crippen LogP contribution >= 0.6 is 0 Å². The largest absolute Gasteiger partial charge is 0.374 e. The Kier molecular flexibility index (Phi) is 3.73. The lowest BCUT2D eigenvalue weighted by Crippen LogP contribution is -2.18. The zero-order chi connectivity index (χ0) is 10.4. The van der Waals surface area contributed by atoms with Gasteiger partial charge in [-0.3, -0.25) is 0 Å². The van der Waals surface area contributed by atoms with Crippen molar-refractivity contribution in [1.29, 1.82) is 0 Å². The zero-order valence-electron chi connectivity index (χ0n) is 8.75. The third-order valence-electron chi connectivity index (χ3n) is 2.04. The third-order valence-corrected chi connectivity index (χ3v) is 2.04. The topological polar surface area (TPSA) is 20.2 Å². The van der Waals surface area contributed by atoms with E-state index in [0.29, 0.717) is 0 Å². The number of benzene rings is 1. The van der Waals surface area contributed by atoms with Crippen LogP contribution in [0.15, 0.2) is 30.3 Å². The van der Waals surface area contributed by atoms with Gasteiger partial charge in [0, 0.05) is 6.42 Å². The van der Waals surface area contributed by atoms with Crippen molar-refractivity contribution in [3.8, 4) is 11.8 Å². The Hall–Kier alpha value is -1.26. The first-order valence-electron chi connectivity index (χ1n) is 4.94. The van der Waals surface area contributed by atoms with Gasteiger partial charge in [0.25, 0.3) is 0 Å². The maximum Gasteiger partial charge on any atom is 0.148 e. The van der Waals surface area contributed by atoms with Crippen LogP contribution in [0.5, 0.6) is 0 Å². The Balaban J connectivity index is 2.82. The van der Waals surface area contributed by atoms with E-state index in [-0.39, 0.29) is 0 Å². The summed E-state index contributed by atoms with van der Waals surface area (Å²) in [5.41, 5.74) is -0.167. The second-order valence-corrected chi connectivity index (χ2v) is 3.49. The monoisotopic (exact) mass is 188 g/mol. The summed E-state index contributed by atoms with van der Waals surface area (Å²) in [6, 6.07) is 9.52. The molecule has 74 valence electrons. The fraction of sp³-hybridized carbons (Fsp3) is 0.385. The molecule has 0 heterocycles. The normalized spacial score (nSPS) is 13.9. The van der Waals surface area contributed by atoms with Crippen LogP contribution in [0, 0.1) is 11.8 Å². The fourth-order valence-corrected chi connectivity index (χ4v) is 1.19. The maximum atomic E-state index is 10.0. The molecule has 1 unspecified atom stereocenters. The highest BCUT2D eigenvalue weighted by Gasteiger charge is 2.18. The van der Waals surface area contributed by atoms with E-state index >= 15 is 0 Å². The molecule has 1 atom stereocenters. The summed E-state index contributed by atoms with van der Waals surface area (Å²) >= 11 is 0. The highest BCUT2D eigenvalue weighted by Crippen LogP contribution is 2.18. The van der Waals surface area contributed by atoms with Crippen LogP contribution < -0.4 is 0 Å². The summed E-state index contributed by atoms with van der Waals surface area (Å²) in [5, 5.41) is 10.0. The average Bonchev–Trinajstić information content (AvgIpc) is 2.19. The first-order valence-corrected chi connectivity index (χ1v) is 4.94. The lowest BCUT2D eigenvalue weighted by molar-refractivity contribution is 0.122. The van der Waals surface area contributed by atoms with E-state index in [9.17, 15) is 5.11 Å². The van der Waals surface area contributed by atoms with Crippen molar-refractivity contribution in [3.63, 3.8) is 0 Å². The van der Waals surface area contributed by atoms with Crippen molar-refractivity contribution in [3.05, 3.63) is 35.9 Å². The molecule has 0 saturated heterocycles. The molecule has 0 fully saturated rings. The second kappa shape index (κ2) is 4.83. The van der Waals surface area contributed by atoms with Crippen LogP contribution in [-0.4, -0.2) is 5.11 Å². The molecule has 0 saturated carbocycles. The quantitative estimate of drug-likeness (QED) is 0.707. The lowest BCUT2D eigenvalue weighted by Gasteiger charge is -2.16. The SMILES string of the molecule is CCCC#CC(C)(O)c1ccccc1. The first kappa shape index (κ1) is 10.8. The molecule has 1 aromatic carbocycles. The Bertz CT molecular complexity index is 327. The Morgan fingerprint density at radius 3 is 2.50 bits per heavy atom. The van der Waals surface area contributed by atoms with Gasteiger partial charge in [-0.05, 0) is 18.9 Å². The molecule has 0 bridgehead atoms. The van der Waals surface area contributed by atoms with E-state index in [4.69, 9.17) is 0 Å². The highest BCUT2D eigenvalue weighted by molar-refractivity contribution is 5.30. The van der Waals surface area contributed by atoms with Crippen molar-refractivity contribution in [2.45, 2.75) is 32.3 Å². The summed E-state index contributed by atoms with van der Waals surface area (Å²) < 4.78 is 0. The predicted molar refractivity (Wildman–Crippen MR) is 58.7 cm³/mol. The lowest BCUT2D eigenvalue weighted by atomic mass is 9.97. The summed E-state index contributed by atoms with van der Waals surface area (Å²) in [4.78, 5) is 0. The molecule has 14 heavy (non-hydrogen) atoms. The van der Waals surface area contributed by atoms with Crippen LogP contribution in [0.3, 0.4) is 0 Å². The molecule has 1 N–H and O–H groups in total. The van der Waals surface area contributed by atoms with Gasteiger partial charge in [0.15, 0.2) is 0 Å². The molecular formula is C13H16O. The molecule has 0 spiro atoms. The summed E-state index contributed by atoms with van der Waals surface area (Å²) in [5.74, 6) is 5.86. The van der Waals surface area contributed by atoms with Gasteiger partial charge in [0.05, 0.1) is 0 Å². The molecule has 1 heteroatoms. The van der Waals surface area contributed by atoms with Gasteiger partial charge in [-0.15, -0.1) is 0 Å². The van der Waals surface area contributed by atoms with E-state index in [1.54, 1.807) is 6.92 Å². The highest BCUT2D eigenvalue weighted by atomic mass is 16.3. The van der Waals surface area contributed by atoms with E-state index in [1.165, 1.54) is 0 Å². The molecule has 0 aliphatic carbocycles. The molecule has 0 radical (unpaired) electrons. The molecular weight excluding hydrogens is 172 g/mol. The van der Waals surface area contributed by atoms with Crippen molar-refractivity contribution >= 4 is 0 Å². The molecule has 1 nitrogen and oxygen atoms in total.